The van der Waals surface area contributed by atoms with Gasteiger partial charge in [0.1, 0.15) is 0 Å². The second-order valence-electron chi connectivity index (χ2n) is 19.4. The molecule has 3 heteroatoms. The number of aromatic nitrogens is 1. The molecule has 6 aliphatic carbocycles. The zero-order valence-electron chi connectivity index (χ0n) is 32.9. The summed E-state index contributed by atoms with van der Waals surface area (Å²) in [6.07, 6.45) is 16.9. The van der Waals surface area contributed by atoms with Gasteiger partial charge >= 0.3 is 0 Å². The van der Waals surface area contributed by atoms with Crippen LogP contribution in [0.2, 0.25) is 0 Å². The lowest BCUT2D eigenvalue weighted by Gasteiger charge is -2.33. The van der Waals surface area contributed by atoms with Gasteiger partial charge < -0.3 is 4.40 Å². The molecule has 3 nitrogen and oxygen atoms in total. The van der Waals surface area contributed by atoms with E-state index in [2.05, 4.69) is 108 Å². The summed E-state index contributed by atoms with van der Waals surface area (Å²) in [6, 6.07) is 40.3. The second-order valence-corrected chi connectivity index (χ2v) is 19.4. The van der Waals surface area contributed by atoms with E-state index in [1.54, 1.807) is 0 Å². The lowest BCUT2D eigenvalue weighted by atomic mass is 9.69. The first kappa shape index (κ1) is 32.1. The number of rotatable bonds is 0. The molecule has 0 aliphatic heterocycles. The molecule has 0 unspecified atom stereocenters. The number of benzene rings is 6. The quantitative estimate of drug-likeness (QED) is 0.155. The zero-order valence-corrected chi connectivity index (χ0v) is 32.9. The highest BCUT2D eigenvalue weighted by molar-refractivity contribution is 6.29. The summed E-state index contributed by atoms with van der Waals surface area (Å²) in [4.78, 5) is 0. The lowest BCUT2D eigenvalue weighted by molar-refractivity contribution is 0.203. The predicted molar refractivity (Wildman–Crippen MR) is 233 cm³/mol. The van der Waals surface area contributed by atoms with E-state index in [4.69, 9.17) is 0 Å². The normalized spacial score (nSPS) is 19.8. The molecule has 58 heavy (non-hydrogen) atoms. The summed E-state index contributed by atoms with van der Waals surface area (Å²) in [5.74, 6) is 0. The fraction of sp³-hybridized carbons (Fsp3) is 0.309. The Morgan fingerprint density at radius 1 is 0.466 bits per heavy atom. The van der Waals surface area contributed by atoms with Gasteiger partial charge in [-0.05, 0) is 147 Å². The number of nitriles is 2. The molecule has 6 aliphatic rings. The standard InChI is InChI=1S/C55H43N3/c56-30-32-23-46-48(41-28-53(26-39(32)41)19-9-1-10-20-53)38-25-37-36-15-5-8-18-45(36)55(43-16-6-3-13-34(43)35-14-4-7-17-44(35)55)51(37)50-49-42-29-54(21-11-2-12-22-54)27-40(42)33(31-57)24-47(49)58(46)52(38)50/h3-8,13-18,23-25H,1-2,9-12,19-22,26-29H2. The van der Waals surface area contributed by atoms with Crippen LogP contribution in [-0.2, 0) is 31.1 Å². The summed E-state index contributed by atoms with van der Waals surface area (Å²) in [7, 11) is 0. The Kier molecular flexibility index (Phi) is 5.96. The van der Waals surface area contributed by atoms with Gasteiger partial charge in [-0.1, -0.05) is 111 Å². The highest BCUT2D eigenvalue weighted by atomic mass is 14.9. The molecule has 0 N–H and O–H groups in total. The summed E-state index contributed by atoms with van der Waals surface area (Å²) in [6.45, 7) is 0. The van der Waals surface area contributed by atoms with Gasteiger partial charge in [-0.2, -0.15) is 10.5 Å². The molecule has 6 aromatic carbocycles. The molecular formula is C55H43N3. The van der Waals surface area contributed by atoms with E-state index in [1.807, 2.05) is 0 Å². The maximum absolute atomic E-state index is 11.0. The maximum atomic E-state index is 11.0. The van der Waals surface area contributed by atoms with E-state index in [0.29, 0.717) is 0 Å². The van der Waals surface area contributed by atoms with Crippen molar-refractivity contribution in [1.82, 2.24) is 4.40 Å². The summed E-state index contributed by atoms with van der Waals surface area (Å²) >= 11 is 0. The molecule has 2 fully saturated rings. The Morgan fingerprint density at radius 2 is 0.914 bits per heavy atom. The Labute approximate surface area is 338 Å². The van der Waals surface area contributed by atoms with E-state index in [9.17, 15) is 10.5 Å². The van der Waals surface area contributed by atoms with E-state index >= 15 is 0 Å². The largest absolute Gasteiger partial charge is 0.308 e. The molecular weight excluding hydrogens is 703 g/mol. The first-order valence-corrected chi connectivity index (χ1v) is 22.1. The van der Waals surface area contributed by atoms with Gasteiger partial charge in [0.05, 0.1) is 45.2 Å². The first-order valence-electron chi connectivity index (χ1n) is 22.1. The maximum Gasteiger partial charge on any atom is 0.0995 e. The van der Waals surface area contributed by atoms with Crippen LogP contribution in [0.15, 0.2) is 91.0 Å². The van der Waals surface area contributed by atoms with Gasteiger partial charge in [0.15, 0.2) is 0 Å². The van der Waals surface area contributed by atoms with Crippen LogP contribution in [0.5, 0.6) is 0 Å². The van der Waals surface area contributed by atoms with E-state index in [-0.39, 0.29) is 10.8 Å². The third kappa shape index (κ3) is 3.60. The minimum absolute atomic E-state index is 0.230. The summed E-state index contributed by atoms with van der Waals surface area (Å²) in [5.41, 5.74) is 21.7. The molecule has 0 saturated heterocycles. The Hall–Kier alpha value is -5.90. The Morgan fingerprint density at radius 3 is 1.43 bits per heavy atom. The molecule has 2 aromatic heterocycles. The summed E-state index contributed by atoms with van der Waals surface area (Å²) in [5, 5.41) is 27.4. The molecule has 0 amide bonds. The van der Waals surface area contributed by atoms with Crippen molar-refractivity contribution in [2.75, 3.05) is 0 Å². The van der Waals surface area contributed by atoms with Gasteiger partial charge in [0.25, 0.3) is 0 Å². The number of fused-ring (bicyclic) bond motifs is 21. The topological polar surface area (TPSA) is 52.0 Å². The number of hydrogen-bond donors (Lipinski definition) is 0. The van der Waals surface area contributed by atoms with Gasteiger partial charge in [0, 0.05) is 21.5 Å². The van der Waals surface area contributed by atoms with Crippen molar-refractivity contribution in [3.8, 4) is 34.4 Å². The molecule has 14 rings (SSSR count). The highest BCUT2D eigenvalue weighted by Gasteiger charge is 2.54. The fourth-order valence-electron chi connectivity index (χ4n) is 14.7. The summed E-state index contributed by atoms with van der Waals surface area (Å²) < 4.78 is 2.55. The average Bonchev–Trinajstić information content (AvgIpc) is 4.09. The van der Waals surface area contributed by atoms with Crippen molar-refractivity contribution in [3.05, 3.63) is 147 Å². The van der Waals surface area contributed by atoms with Crippen LogP contribution in [0.25, 0.3) is 60.3 Å². The monoisotopic (exact) mass is 745 g/mol. The molecule has 2 saturated carbocycles. The van der Waals surface area contributed by atoms with Crippen LogP contribution in [0, 0.1) is 33.5 Å². The van der Waals surface area contributed by atoms with Crippen molar-refractivity contribution < 1.29 is 0 Å². The van der Waals surface area contributed by atoms with Crippen LogP contribution in [0.4, 0.5) is 0 Å². The van der Waals surface area contributed by atoms with Crippen LogP contribution in [0.3, 0.4) is 0 Å². The smallest absolute Gasteiger partial charge is 0.0995 e. The molecule has 278 valence electrons. The molecule has 3 spiro atoms. The Balaban J connectivity index is 1.22. The molecule has 0 bridgehead atoms. The van der Waals surface area contributed by atoms with E-state index in [1.165, 1.54) is 158 Å². The average molecular weight is 746 g/mol. The van der Waals surface area contributed by atoms with Crippen molar-refractivity contribution in [2.45, 2.75) is 95.3 Å². The first-order chi connectivity index (χ1) is 28.6. The number of hydrogen-bond acceptors (Lipinski definition) is 2. The van der Waals surface area contributed by atoms with Crippen LogP contribution in [-0.4, -0.2) is 4.40 Å². The van der Waals surface area contributed by atoms with Crippen LogP contribution in [0.1, 0.15) is 120 Å². The highest BCUT2D eigenvalue weighted by Crippen LogP contribution is 2.66. The minimum Gasteiger partial charge on any atom is -0.308 e. The Bertz CT molecular complexity index is 3230. The molecule has 0 atom stereocenters. The second kappa shape index (κ2) is 10.8. The van der Waals surface area contributed by atoms with Gasteiger partial charge in [-0.25, -0.2) is 0 Å². The van der Waals surface area contributed by atoms with Gasteiger partial charge in [-0.15, -0.1) is 0 Å². The lowest BCUT2D eigenvalue weighted by Crippen LogP contribution is -2.26. The molecule has 2 heterocycles. The van der Waals surface area contributed by atoms with Crippen molar-refractivity contribution >= 4 is 38.1 Å². The zero-order chi connectivity index (χ0) is 38.1. The van der Waals surface area contributed by atoms with Crippen LogP contribution < -0.4 is 0 Å². The fourth-order valence-corrected chi connectivity index (χ4v) is 14.7. The van der Waals surface area contributed by atoms with Crippen molar-refractivity contribution in [2.24, 2.45) is 10.8 Å². The van der Waals surface area contributed by atoms with Gasteiger partial charge in [-0.3, -0.25) is 0 Å². The SMILES string of the molecule is N#Cc1cc2c(c3c1CC1(CCCCC1)C3)c1cc3c(c4c5c6c(c(C#N)cc5n2c14)CC1(CCCCC1)C6)C1(c2ccccc2-c2ccccc21)c1ccccc1-3. The van der Waals surface area contributed by atoms with Crippen LogP contribution >= 0.6 is 0 Å². The van der Waals surface area contributed by atoms with E-state index in [0.717, 1.165) is 47.8 Å². The van der Waals surface area contributed by atoms with Crippen molar-refractivity contribution in [3.63, 3.8) is 0 Å². The number of nitrogens with zero attached hydrogens (tertiary/aromatic N) is 3. The van der Waals surface area contributed by atoms with Crippen molar-refractivity contribution in [1.29, 1.82) is 10.5 Å². The predicted octanol–water partition coefficient (Wildman–Crippen LogP) is 13.0. The molecule has 0 radical (unpaired) electrons. The molecule has 8 aromatic rings. The minimum atomic E-state index is -0.487. The third-order valence-corrected chi connectivity index (χ3v) is 16.8. The third-order valence-electron chi connectivity index (χ3n) is 16.8. The van der Waals surface area contributed by atoms with Gasteiger partial charge in [0.2, 0.25) is 0 Å². The van der Waals surface area contributed by atoms with E-state index < -0.39 is 5.41 Å².